The highest BCUT2D eigenvalue weighted by atomic mass is 35.5. The molecule has 0 saturated carbocycles. The van der Waals surface area contributed by atoms with E-state index in [4.69, 9.17) is 17.0 Å². The van der Waals surface area contributed by atoms with Crippen LogP contribution in [0.2, 0.25) is 5.02 Å². The van der Waals surface area contributed by atoms with Crippen molar-refractivity contribution in [3.63, 3.8) is 0 Å². The van der Waals surface area contributed by atoms with Crippen molar-refractivity contribution in [3.05, 3.63) is 63.9 Å². The normalized spacial score (nSPS) is 19.7. The molecule has 0 spiro atoms. The molecule has 24 heavy (non-hydrogen) atoms. The van der Waals surface area contributed by atoms with Crippen LogP contribution < -0.4 is 10.2 Å². The number of benzene rings is 2. The summed E-state index contributed by atoms with van der Waals surface area (Å²) in [5.74, 6) is -0.699. The van der Waals surface area contributed by atoms with Gasteiger partial charge in [-0.05, 0) is 30.3 Å². The number of nitrogens with zero attached hydrogens (tertiary/aromatic N) is 1. The van der Waals surface area contributed by atoms with Gasteiger partial charge in [0, 0.05) is 10.5 Å². The van der Waals surface area contributed by atoms with Gasteiger partial charge < -0.3 is 5.32 Å². The lowest BCUT2D eigenvalue weighted by atomic mass is 10.2. The third-order valence-corrected chi connectivity index (χ3v) is 5.29. The molecule has 2 aromatic carbocycles. The topological polar surface area (TPSA) is 56.2 Å². The number of nitrogens with one attached hydrogen (secondary N) is 2. The zero-order chi connectivity index (χ0) is 16.8. The van der Waals surface area contributed by atoms with Crippen LogP contribution in [-0.2, 0) is 4.79 Å². The van der Waals surface area contributed by atoms with Gasteiger partial charge in [-0.25, -0.2) is 4.39 Å². The largest absolute Gasteiger partial charge is 0.349 e. The third kappa shape index (κ3) is 2.39. The Hall–Kier alpha value is -2.31. The number of anilines is 2. The van der Waals surface area contributed by atoms with E-state index in [0.29, 0.717) is 11.3 Å². The summed E-state index contributed by atoms with van der Waals surface area (Å²) in [6, 6.07) is 11.8. The summed E-state index contributed by atoms with van der Waals surface area (Å²) in [6.07, 6.45) is 0.122. The average Bonchev–Trinajstić information content (AvgIpc) is 3.11. The molecule has 0 aromatic heterocycles. The summed E-state index contributed by atoms with van der Waals surface area (Å²) in [5.41, 5.74) is 1.99. The number of carbonyl (C=O) groups excluding carboxylic acids is 1. The third-order valence-electron chi connectivity index (χ3n) is 3.87. The molecule has 1 fully saturated rings. The number of fused-ring (bicyclic) bond motifs is 1. The van der Waals surface area contributed by atoms with Crippen molar-refractivity contribution in [2.24, 2.45) is 0 Å². The predicted molar refractivity (Wildman–Crippen MR) is 94.2 cm³/mol. The second kappa shape index (κ2) is 5.65. The van der Waals surface area contributed by atoms with E-state index in [1.165, 1.54) is 34.9 Å². The van der Waals surface area contributed by atoms with Crippen LogP contribution in [0.3, 0.4) is 0 Å². The highest BCUT2D eigenvalue weighted by Crippen LogP contribution is 2.44. The van der Waals surface area contributed by atoms with Crippen LogP contribution in [-0.4, -0.2) is 11.7 Å². The van der Waals surface area contributed by atoms with Gasteiger partial charge in [0.2, 0.25) is 5.91 Å². The fourth-order valence-electron chi connectivity index (χ4n) is 2.71. The Morgan fingerprint density at radius 3 is 2.79 bits per heavy atom. The molecule has 2 aromatic rings. The van der Waals surface area contributed by atoms with Crippen LogP contribution in [0.15, 0.2) is 58.0 Å². The van der Waals surface area contributed by atoms with Gasteiger partial charge in [-0.2, -0.15) is 0 Å². The molecular weight excluding hydrogens is 349 g/mol. The highest BCUT2D eigenvalue weighted by molar-refractivity contribution is 8.03. The highest BCUT2D eigenvalue weighted by Gasteiger charge is 2.36. The van der Waals surface area contributed by atoms with E-state index in [1.807, 2.05) is 24.3 Å². The average molecular weight is 360 g/mol. The number of hydrogen-bond donors (Lipinski definition) is 2. The first-order chi connectivity index (χ1) is 11.5. The molecule has 4 nitrogen and oxygen atoms in total. The Morgan fingerprint density at radius 1 is 1.25 bits per heavy atom. The quantitative estimate of drug-likeness (QED) is 0.781. The molecule has 0 atom stereocenters. The van der Waals surface area contributed by atoms with Gasteiger partial charge in [-0.1, -0.05) is 35.5 Å². The lowest BCUT2D eigenvalue weighted by Crippen LogP contribution is -2.28. The Morgan fingerprint density at radius 2 is 2.04 bits per heavy atom. The Kier molecular flexibility index (Phi) is 3.58. The summed E-state index contributed by atoms with van der Waals surface area (Å²) in [5, 5.41) is 12.3. The summed E-state index contributed by atoms with van der Waals surface area (Å²) < 4.78 is 13.3. The number of halogens is 2. The molecule has 7 heteroatoms. The Balaban J connectivity index is 1.70. The minimum Gasteiger partial charge on any atom is -0.349 e. The van der Waals surface area contributed by atoms with Crippen LogP contribution in [0, 0.1) is 11.2 Å². The van der Waals surface area contributed by atoms with E-state index in [9.17, 15) is 9.18 Å². The standard InChI is InChI=1S/C17H11ClFN3OS/c18-11-7-9(5-6-12(11)19)22-15(23)8-10(16(22)20)17-21-13-3-1-2-4-14(13)24-17/h1-7,20-21H,8H2/b17-10-,20-16?. The van der Waals surface area contributed by atoms with Crippen LogP contribution in [0.25, 0.3) is 0 Å². The first-order valence-electron chi connectivity index (χ1n) is 7.18. The minimum absolute atomic E-state index is 0.0741. The van der Waals surface area contributed by atoms with Gasteiger partial charge in [-0.15, -0.1) is 0 Å². The van der Waals surface area contributed by atoms with Gasteiger partial charge in [0.1, 0.15) is 11.7 Å². The van der Waals surface area contributed by atoms with Crippen molar-refractivity contribution in [3.8, 4) is 0 Å². The molecule has 1 saturated heterocycles. The summed E-state index contributed by atoms with van der Waals surface area (Å²) in [7, 11) is 0. The number of amides is 1. The molecular formula is C17H11ClFN3OS. The number of hydrogen-bond acceptors (Lipinski definition) is 4. The maximum atomic E-state index is 13.3. The number of thioether (sulfide) groups is 1. The molecule has 2 N–H and O–H groups in total. The maximum Gasteiger partial charge on any atom is 0.237 e. The van der Waals surface area contributed by atoms with Crippen LogP contribution in [0.5, 0.6) is 0 Å². The zero-order valence-electron chi connectivity index (χ0n) is 12.3. The van der Waals surface area contributed by atoms with E-state index >= 15 is 0 Å². The van der Waals surface area contributed by atoms with Crippen LogP contribution in [0.1, 0.15) is 6.42 Å². The second-order valence-electron chi connectivity index (χ2n) is 5.38. The maximum absolute atomic E-state index is 13.3. The first-order valence-corrected chi connectivity index (χ1v) is 8.38. The Labute approximate surface area is 146 Å². The Bertz CT molecular complexity index is 901. The smallest absolute Gasteiger partial charge is 0.237 e. The summed E-state index contributed by atoms with van der Waals surface area (Å²) >= 11 is 7.30. The fraction of sp³-hybridized carbons (Fsp3) is 0.0588. The van der Waals surface area contributed by atoms with Crippen molar-refractivity contribution < 1.29 is 9.18 Å². The molecule has 0 radical (unpaired) electrons. The van der Waals surface area contributed by atoms with Gasteiger partial charge in [-0.3, -0.25) is 15.1 Å². The molecule has 120 valence electrons. The van der Waals surface area contributed by atoms with E-state index in [1.54, 1.807) is 0 Å². The van der Waals surface area contributed by atoms with Crippen LogP contribution >= 0.6 is 23.4 Å². The number of carbonyl (C=O) groups is 1. The van der Waals surface area contributed by atoms with Crippen molar-refractivity contribution >= 4 is 46.5 Å². The van der Waals surface area contributed by atoms with E-state index in [2.05, 4.69) is 5.32 Å². The number of rotatable bonds is 1. The number of para-hydroxylation sites is 1. The van der Waals surface area contributed by atoms with Crippen molar-refractivity contribution in [2.75, 3.05) is 10.2 Å². The van der Waals surface area contributed by atoms with Crippen LogP contribution in [0.4, 0.5) is 15.8 Å². The van der Waals surface area contributed by atoms with Crippen molar-refractivity contribution in [2.45, 2.75) is 11.3 Å². The molecule has 0 bridgehead atoms. The van der Waals surface area contributed by atoms with Crippen molar-refractivity contribution in [1.82, 2.24) is 0 Å². The number of amidine groups is 1. The molecule has 1 amide bonds. The minimum atomic E-state index is -0.555. The van der Waals surface area contributed by atoms with Crippen molar-refractivity contribution in [1.29, 1.82) is 5.41 Å². The fourth-order valence-corrected chi connectivity index (χ4v) is 3.94. The predicted octanol–water partition coefficient (Wildman–Crippen LogP) is 4.62. The molecule has 0 aliphatic carbocycles. The zero-order valence-corrected chi connectivity index (χ0v) is 13.8. The van der Waals surface area contributed by atoms with Gasteiger partial charge >= 0.3 is 0 Å². The monoisotopic (exact) mass is 359 g/mol. The SMILES string of the molecule is N=C1/C(=C2/Nc3ccccc3S2)CC(=O)N1c1ccc(F)c(Cl)c1. The second-order valence-corrected chi connectivity index (χ2v) is 6.84. The molecule has 2 heterocycles. The molecule has 0 unspecified atom stereocenters. The van der Waals surface area contributed by atoms with Gasteiger partial charge in [0.05, 0.1) is 27.8 Å². The van der Waals surface area contributed by atoms with Gasteiger partial charge in [0.25, 0.3) is 0 Å². The lowest BCUT2D eigenvalue weighted by molar-refractivity contribution is -0.116. The molecule has 2 aliphatic rings. The summed E-state index contributed by atoms with van der Waals surface area (Å²) in [4.78, 5) is 14.7. The lowest BCUT2D eigenvalue weighted by Gasteiger charge is -2.16. The first kappa shape index (κ1) is 15.2. The van der Waals surface area contributed by atoms with Gasteiger partial charge in [0.15, 0.2) is 0 Å². The molecule has 2 aliphatic heterocycles. The summed E-state index contributed by atoms with van der Waals surface area (Å²) in [6.45, 7) is 0. The van der Waals surface area contributed by atoms with E-state index in [-0.39, 0.29) is 23.2 Å². The molecule has 4 rings (SSSR count). The van der Waals surface area contributed by atoms with E-state index < -0.39 is 5.82 Å². The van der Waals surface area contributed by atoms with E-state index in [0.717, 1.165) is 15.6 Å².